The minimum absolute atomic E-state index is 0.0663. The van der Waals surface area contributed by atoms with E-state index in [1.807, 2.05) is 12.1 Å². The fourth-order valence-electron chi connectivity index (χ4n) is 7.84. The standard InChI is InChI=1S/C26H37N3O2/c1-25-10-7-18(30)14-17(25)3-4-19-20-5-6-23(26(20,2)11-8-21(19)25)29-24(31)22-13-16(15-27)9-12-28-22/h3,9,12-13,18-21,23,30H,4-8,10-11,14-15,27H2,1-2H3,(H,29,31)/t18-,19-,20-,21-,23-,25-,26-/m0/s1. The summed E-state index contributed by atoms with van der Waals surface area (Å²) in [5.41, 5.74) is 9.08. The van der Waals surface area contributed by atoms with Gasteiger partial charge in [-0.05, 0) is 97.6 Å². The van der Waals surface area contributed by atoms with Crippen LogP contribution in [0.2, 0.25) is 0 Å². The molecule has 0 aliphatic heterocycles. The van der Waals surface area contributed by atoms with E-state index in [0.29, 0.717) is 24.1 Å². The number of hydrogen-bond acceptors (Lipinski definition) is 4. The van der Waals surface area contributed by atoms with Crippen LogP contribution in [0.4, 0.5) is 0 Å². The molecule has 168 valence electrons. The summed E-state index contributed by atoms with van der Waals surface area (Å²) >= 11 is 0. The summed E-state index contributed by atoms with van der Waals surface area (Å²) in [4.78, 5) is 17.3. The van der Waals surface area contributed by atoms with Crippen molar-refractivity contribution < 1.29 is 9.90 Å². The highest BCUT2D eigenvalue weighted by Gasteiger charge is 2.58. The highest BCUT2D eigenvalue weighted by molar-refractivity contribution is 5.92. The third kappa shape index (κ3) is 3.36. The van der Waals surface area contributed by atoms with Gasteiger partial charge < -0.3 is 16.2 Å². The number of allylic oxidation sites excluding steroid dienone is 1. The molecule has 3 saturated carbocycles. The van der Waals surface area contributed by atoms with Gasteiger partial charge in [-0.2, -0.15) is 0 Å². The zero-order valence-corrected chi connectivity index (χ0v) is 18.9. The number of aliphatic hydroxyl groups excluding tert-OH is 1. The van der Waals surface area contributed by atoms with Crippen LogP contribution in [0, 0.1) is 28.6 Å². The van der Waals surface area contributed by atoms with Crippen LogP contribution in [0.15, 0.2) is 30.0 Å². The van der Waals surface area contributed by atoms with Crippen LogP contribution < -0.4 is 11.1 Å². The minimum atomic E-state index is -0.151. The van der Waals surface area contributed by atoms with E-state index >= 15 is 0 Å². The Morgan fingerprint density at radius 1 is 1.23 bits per heavy atom. The van der Waals surface area contributed by atoms with E-state index in [9.17, 15) is 9.90 Å². The Balaban J connectivity index is 1.35. The van der Waals surface area contributed by atoms with Crippen molar-refractivity contribution in [3.05, 3.63) is 41.2 Å². The number of nitrogens with zero attached hydrogens (tertiary/aromatic N) is 1. The first-order chi connectivity index (χ1) is 14.8. The fourth-order valence-corrected chi connectivity index (χ4v) is 7.84. The van der Waals surface area contributed by atoms with Gasteiger partial charge in [-0.3, -0.25) is 9.78 Å². The SMILES string of the molecule is C[C@]12CC[C@H]3[C@@H](CC=C4C[C@@H](O)CC[C@@]43C)[C@@H]1CC[C@@H]2NC(=O)c1cc(CN)ccn1. The summed E-state index contributed by atoms with van der Waals surface area (Å²) in [6, 6.07) is 3.88. The van der Waals surface area contributed by atoms with Crippen molar-refractivity contribution in [3.63, 3.8) is 0 Å². The molecule has 0 bridgehead atoms. The largest absolute Gasteiger partial charge is 0.393 e. The van der Waals surface area contributed by atoms with Crippen LogP contribution in [-0.2, 0) is 6.54 Å². The number of aliphatic hydroxyl groups is 1. The molecule has 0 saturated heterocycles. The maximum absolute atomic E-state index is 13.0. The third-order valence-corrected chi connectivity index (χ3v) is 9.68. The number of rotatable bonds is 3. The molecule has 31 heavy (non-hydrogen) atoms. The van der Waals surface area contributed by atoms with Gasteiger partial charge in [0, 0.05) is 18.8 Å². The quantitative estimate of drug-likeness (QED) is 0.642. The molecule has 0 unspecified atom stereocenters. The summed E-state index contributed by atoms with van der Waals surface area (Å²) in [5, 5.41) is 13.6. The van der Waals surface area contributed by atoms with E-state index in [1.54, 1.807) is 6.20 Å². The second-order valence-electron chi connectivity index (χ2n) is 11.1. The molecule has 4 aliphatic carbocycles. The number of nitrogens with one attached hydrogen (secondary N) is 1. The normalized spacial score (nSPS) is 41.5. The third-order valence-electron chi connectivity index (χ3n) is 9.68. The molecule has 0 spiro atoms. The van der Waals surface area contributed by atoms with Crippen LogP contribution in [0.1, 0.15) is 81.3 Å². The van der Waals surface area contributed by atoms with Crippen LogP contribution >= 0.6 is 0 Å². The van der Waals surface area contributed by atoms with Crippen LogP contribution in [-0.4, -0.2) is 28.1 Å². The van der Waals surface area contributed by atoms with Gasteiger partial charge in [0.1, 0.15) is 5.69 Å². The first kappa shape index (κ1) is 21.1. The van der Waals surface area contributed by atoms with Crippen molar-refractivity contribution >= 4 is 5.91 Å². The van der Waals surface area contributed by atoms with E-state index in [0.717, 1.165) is 43.6 Å². The number of nitrogens with two attached hydrogens (primary N) is 1. The Hall–Kier alpha value is -1.72. The average Bonchev–Trinajstić information content (AvgIpc) is 3.10. The maximum atomic E-state index is 13.0. The summed E-state index contributed by atoms with van der Waals surface area (Å²) < 4.78 is 0. The Morgan fingerprint density at radius 2 is 2.06 bits per heavy atom. The molecule has 1 heterocycles. The molecule has 1 aromatic rings. The van der Waals surface area contributed by atoms with Gasteiger partial charge in [0.15, 0.2) is 0 Å². The summed E-state index contributed by atoms with van der Waals surface area (Å²) in [5.74, 6) is 2.00. The van der Waals surface area contributed by atoms with Gasteiger partial charge in [-0.1, -0.05) is 25.5 Å². The molecule has 1 aromatic heterocycles. The number of carbonyl (C=O) groups is 1. The number of pyridine rings is 1. The predicted molar refractivity (Wildman–Crippen MR) is 121 cm³/mol. The second-order valence-corrected chi connectivity index (χ2v) is 11.1. The smallest absolute Gasteiger partial charge is 0.270 e. The number of fused-ring (bicyclic) bond motifs is 5. The van der Waals surface area contributed by atoms with E-state index in [1.165, 1.54) is 24.8 Å². The van der Waals surface area contributed by atoms with Gasteiger partial charge in [0.25, 0.3) is 5.91 Å². The molecule has 0 radical (unpaired) electrons. The predicted octanol–water partition coefficient (Wildman–Crippen LogP) is 3.96. The summed E-state index contributed by atoms with van der Waals surface area (Å²) in [6.45, 7) is 5.30. The zero-order chi connectivity index (χ0) is 21.8. The molecule has 1 amide bonds. The highest BCUT2D eigenvalue weighted by Crippen LogP contribution is 2.64. The van der Waals surface area contributed by atoms with Gasteiger partial charge in [-0.25, -0.2) is 0 Å². The van der Waals surface area contributed by atoms with Crippen molar-refractivity contribution in [3.8, 4) is 0 Å². The van der Waals surface area contributed by atoms with Crippen LogP contribution in [0.25, 0.3) is 0 Å². The lowest BCUT2D eigenvalue weighted by atomic mass is 9.48. The second kappa shape index (κ2) is 7.70. The molecular formula is C26H37N3O2. The molecule has 5 heteroatoms. The number of aromatic nitrogens is 1. The lowest BCUT2D eigenvalue weighted by Gasteiger charge is -2.58. The van der Waals surface area contributed by atoms with E-state index in [-0.39, 0.29) is 28.9 Å². The highest BCUT2D eigenvalue weighted by atomic mass is 16.3. The number of amides is 1. The average molecular weight is 424 g/mol. The van der Waals surface area contributed by atoms with Crippen molar-refractivity contribution in [2.75, 3.05) is 0 Å². The minimum Gasteiger partial charge on any atom is -0.393 e. The van der Waals surface area contributed by atoms with Crippen molar-refractivity contribution in [2.24, 2.45) is 34.3 Å². The Labute approximate surface area is 185 Å². The van der Waals surface area contributed by atoms with E-state index in [2.05, 4.69) is 30.2 Å². The Kier molecular flexibility index (Phi) is 5.25. The lowest BCUT2D eigenvalue weighted by Crippen LogP contribution is -2.54. The van der Waals surface area contributed by atoms with Gasteiger partial charge in [0.05, 0.1) is 6.10 Å². The van der Waals surface area contributed by atoms with Crippen molar-refractivity contribution in [1.29, 1.82) is 0 Å². The van der Waals surface area contributed by atoms with Gasteiger partial charge in [0.2, 0.25) is 0 Å². The molecule has 7 atom stereocenters. The molecule has 0 aromatic carbocycles. The summed E-state index contributed by atoms with van der Waals surface area (Å²) in [6.07, 6.45) is 12.7. The van der Waals surface area contributed by atoms with E-state index in [4.69, 9.17) is 5.73 Å². The molecular weight excluding hydrogens is 386 g/mol. The summed E-state index contributed by atoms with van der Waals surface area (Å²) in [7, 11) is 0. The maximum Gasteiger partial charge on any atom is 0.270 e. The molecule has 4 aliphatic rings. The lowest BCUT2D eigenvalue weighted by molar-refractivity contribution is -0.0426. The number of hydrogen-bond donors (Lipinski definition) is 3. The van der Waals surface area contributed by atoms with Crippen LogP contribution in [0.3, 0.4) is 0 Å². The van der Waals surface area contributed by atoms with Crippen molar-refractivity contribution in [2.45, 2.75) is 83.9 Å². The monoisotopic (exact) mass is 423 g/mol. The number of carbonyl (C=O) groups excluding carboxylic acids is 1. The fraction of sp³-hybridized carbons (Fsp3) is 0.692. The first-order valence-corrected chi connectivity index (χ1v) is 12.2. The Bertz CT molecular complexity index is 898. The van der Waals surface area contributed by atoms with Gasteiger partial charge >= 0.3 is 0 Å². The molecule has 5 nitrogen and oxygen atoms in total. The molecule has 5 rings (SSSR count). The van der Waals surface area contributed by atoms with Crippen LogP contribution in [0.5, 0.6) is 0 Å². The van der Waals surface area contributed by atoms with Crippen molar-refractivity contribution in [1.82, 2.24) is 10.3 Å². The zero-order valence-electron chi connectivity index (χ0n) is 18.9. The molecule has 3 fully saturated rings. The van der Waals surface area contributed by atoms with Gasteiger partial charge in [-0.15, -0.1) is 0 Å². The molecule has 4 N–H and O–H groups in total. The topological polar surface area (TPSA) is 88.2 Å². The Morgan fingerprint density at radius 3 is 2.87 bits per heavy atom. The first-order valence-electron chi connectivity index (χ1n) is 12.2. The van der Waals surface area contributed by atoms with E-state index < -0.39 is 0 Å².